The van der Waals surface area contributed by atoms with E-state index in [-0.39, 0.29) is 37.6 Å². The average molecular weight is 821 g/mol. The first-order valence-corrected chi connectivity index (χ1v) is 23.2. The van der Waals surface area contributed by atoms with Crippen LogP contribution in [0.25, 0.3) is 6.08 Å². The van der Waals surface area contributed by atoms with Gasteiger partial charge in [-0.1, -0.05) is 68.2 Å². The van der Waals surface area contributed by atoms with Crippen molar-refractivity contribution >= 4 is 26.1 Å². The van der Waals surface area contributed by atoms with Crippen LogP contribution in [-0.4, -0.2) is 91.7 Å². The quantitative estimate of drug-likeness (QED) is 0.0393. The lowest BCUT2D eigenvalue weighted by molar-refractivity contribution is -0.152. The van der Waals surface area contributed by atoms with E-state index < -0.39 is 44.1 Å². The lowest BCUT2D eigenvalue weighted by Crippen LogP contribution is -2.37. The molecule has 58 heavy (non-hydrogen) atoms. The lowest BCUT2D eigenvalue weighted by Gasteiger charge is -2.24. The van der Waals surface area contributed by atoms with Crippen LogP contribution >= 0.6 is 0 Å². The minimum Gasteiger partial charge on any atom is -0.497 e. The zero-order valence-corrected chi connectivity index (χ0v) is 36.3. The number of esters is 2. The molecule has 1 fully saturated rings. The summed E-state index contributed by atoms with van der Waals surface area (Å²) < 4.78 is 58.1. The number of methoxy groups -OCH3 is 3. The van der Waals surface area contributed by atoms with E-state index >= 15 is 0 Å². The second-order valence-corrected chi connectivity index (χ2v) is 21.2. The fourth-order valence-corrected chi connectivity index (χ4v) is 6.71. The molecular formula is C45H60O12Si. The normalized spacial score (nSPS) is 17.6. The largest absolute Gasteiger partial charge is 0.497 e. The molecule has 1 heterocycles. The third-order valence-corrected chi connectivity index (χ3v) is 10.7. The number of rotatable bonds is 23. The minimum atomic E-state index is -1.47. The van der Waals surface area contributed by atoms with Gasteiger partial charge in [0.05, 0.1) is 38.1 Å². The fraction of sp³-hybridized carbons (Fsp3) is 0.467. The van der Waals surface area contributed by atoms with Crippen molar-refractivity contribution in [3.05, 3.63) is 107 Å². The van der Waals surface area contributed by atoms with E-state index in [1.807, 2.05) is 69.3 Å². The van der Waals surface area contributed by atoms with Gasteiger partial charge in [0.15, 0.2) is 19.4 Å². The van der Waals surface area contributed by atoms with Crippen molar-refractivity contribution in [2.24, 2.45) is 0 Å². The molecule has 0 N–H and O–H groups in total. The summed E-state index contributed by atoms with van der Waals surface area (Å²) >= 11 is 0. The van der Waals surface area contributed by atoms with Crippen LogP contribution in [-0.2, 0) is 39.8 Å². The Morgan fingerprint density at radius 2 is 1.57 bits per heavy atom. The van der Waals surface area contributed by atoms with E-state index in [0.29, 0.717) is 36.3 Å². The Morgan fingerprint density at radius 3 is 2.24 bits per heavy atom. The molecule has 0 amide bonds. The molecule has 0 spiro atoms. The van der Waals surface area contributed by atoms with Gasteiger partial charge in [-0.05, 0) is 87.2 Å². The molecule has 3 aromatic rings. The van der Waals surface area contributed by atoms with Gasteiger partial charge in [-0.3, -0.25) is 0 Å². The van der Waals surface area contributed by atoms with Gasteiger partial charge in [-0.25, -0.2) is 9.59 Å². The standard InChI is InChI=1S/C45H60O12Si/c1-32(52-29-33-21-23-36(50-6)24-22-33)15-13-19-38(55-43(46)34-16-11-10-12-17-34)42-39(56-45(2,3)57-42)20-14-18-35-27-37(53-30-48-4)28-40(54-31-49-5)41(35)44(47)51-25-26-58(7,8)9/h10-14,16-19,21-24,27-28,32,38-39,42H,15,20,25-26,29-31H2,1-9H3/b18-14+,19-13-/t32-,38?,39?,42?/m0/s1. The molecule has 0 aliphatic carbocycles. The van der Waals surface area contributed by atoms with Gasteiger partial charge in [-0.15, -0.1) is 0 Å². The summed E-state index contributed by atoms with van der Waals surface area (Å²) in [6.07, 6.45) is 6.19. The first-order valence-electron chi connectivity index (χ1n) is 19.5. The van der Waals surface area contributed by atoms with Crippen molar-refractivity contribution in [3.8, 4) is 17.2 Å². The summed E-state index contributed by atoms with van der Waals surface area (Å²) in [7, 11) is 3.18. The molecule has 3 aromatic carbocycles. The Morgan fingerprint density at radius 1 is 0.862 bits per heavy atom. The van der Waals surface area contributed by atoms with Crippen molar-refractivity contribution in [1.29, 1.82) is 0 Å². The molecule has 1 saturated heterocycles. The summed E-state index contributed by atoms with van der Waals surface area (Å²) in [5, 5.41) is 0. The highest BCUT2D eigenvalue weighted by atomic mass is 28.3. The number of hydrogen-bond acceptors (Lipinski definition) is 12. The van der Waals surface area contributed by atoms with Gasteiger partial charge in [-0.2, -0.15) is 0 Å². The van der Waals surface area contributed by atoms with Gasteiger partial charge in [0, 0.05) is 28.4 Å². The maximum atomic E-state index is 13.7. The Labute approximate surface area is 344 Å². The maximum Gasteiger partial charge on any atom is 0.342 e. The van der Waals surface area contributed by atoms with Crippen molar-refractivity contribution in [3.63, 3.8) is 0 Å². The first-order chi connectivity index (χ1) is 27.7. The van der Waals surface area contributed by atoms with E-state index in [9.17, 15) is 9.59 Å². The van der Waals surface area contributed by atoms with Crippen LogP contribution in [0, 0.1) is 0 Å². The predicted octanol–water partition coefficient (Wildman–Crippen LogP) is 8.86. The van der Waals surface area contributed by atoms with Crippen LogP contribution in [0.5, 0.6) is 17.2 Å². The lowest BCUT2D eigenvalue weighted by atomic mass is 10.0. The third-order valence-electron chi connectivity index (χ3n) is 9.02. The average Bonchev–Trinajstić information content (AvgIpc) is 3.51. The highest BCUT2D eigenvalue weighted by molar-refractivity contribution is 6.76. The maximum absolute atomic E-state index is 13.7. The number of benzene rings is 3. The molecule has 0 radical (unpaired) electrons. The first kappa shape index (κ1) is 46.2. The van der Waals surface area contributed by atoms with E-state index in [4.69, 9.17) is 47.4 Å². The number of ether oxygens (including phenoxy) is 10. The zero-order chi connectivity index (χ0) is 42.1. The SMILES string of the molecule is COCOc1cc(/C=C/CC2OC(C)(C)OC2C(/C=C\C[C@H](C)OCc2ccc(OC)cc2)OC(=O)c2ccccc2)c(C(=O)OCC[Si](C)(C)C)c(OCOC)c1. The molecule has 1 aliphatic heterocycles. The second-order valence-electron chi connectivity index (χ2n) is 15.6. The Hall–Kier alpha value is -4.50. The van der Waals surface area contributed by atoms with Crippen LogP contribution in [0.15, 0.2) is 85.0 Å². The highest BCUT2D eigenvalue weighted by Gasteiger charge is 2.45. The van der Waals surface area contributed by atoms with Gasteiger partial charge < -0.3 is 47.4 Å². The smallest absolute Gasteiger partial charge is 0.342 e. The summed E-state index contributed by atoms with van der Waals surface area (Å²) in [4.78, 5) is 27.1. The molecule has 3 unspecified atom stereocenters. The summed E-state index contributed by atoms with van der Waals surface area (Å²) in [6.45, 7) is 12.9. The number of hydrogen-bond donors (Lipinski definition) is 0. The molecule has 316 valence electrons. The highest BCUT2D eigenvalue weighted by Crippen LogP contribution is 2.35. The third kappa shape index (κ3) is 15.0. The number of carbonyl (C=O) groups excluding carboxylic acids is 2. The molecule has 4 atom stereocenters. The zero-order valence-electron chi connectivity index (χ0n) is 35.3. The Kier molecular flexibility index (Phi) is 18.0. The summed E-state index contributed by atoms with van der Waals surface area (Å²) in [5.41, 5.74) is 2.18. The molecular weight excluding hydrogens is 761 g/mol. The number of carbonyl (C=O) groups is 2. The Balaban J connectivity index is 1.59. The topological polar surface area (TPSA) is 126 Å². The summed E-state index contributed by atoms with van der Waals surface area (Å²) in [6, 6.07) is 20.7. The second kappa shape index (κ2) is 22.6. The minimum absolute atomic E-state index is 0.0128. The van der Waals surface area contributed by atoms with Crippen LogP contribution in [0.1, 0.15) is 65.5 Å². The molecule has 0 aromatic heterocycles. The van der Waals surface area contributed by atoms with E-state index in [1.54, 1.807) is 49.6 Å². The van der Waals surface area contributed by atoms with Crippen LogP contribution in [0.2, 0.25) is 25.7 Å². The van der Waals surface area contributed by atoms with Gasteiger partial charge in [0.25, 0.3) is 0 Å². The molecule has 1 aliphatic rings. The van der Waals surface area contributed by atoms with E-state index in [2.05, 4.69) is 19.6 Å². The molecule has 13 heteroatoms. The van der Waals surface area contributed by atoms with Crippen molar-refractivity contribution in [2.75, 3.05) is 41.5 Å². The molecule has 0 saturated carbocycles. The van der Waals surface area contributed by atoms with Crippen LogP contribution in [0.3, 0.4) is 0 Å². The van der Waals surface area contributed by atoms with Crippen LogP contribution < -0.4 is 14.2 Å². The summed E-state index contributed by atoms with van der Waals surface area (Å²) in [5.74, 6) is -0.549. The fourth-order valence-electron chi connectivity index (χ4n) is 6.00. The monoisotopic (exact) mass is 820 g/mol. The van der Waals surface area contributed by atoms with Gasteiger partial charge in [0.2, 0.25) is 0 Å². The molecule has 0 bridgehead atoms. The molecule has 12 nitrogen and oxygen atoms in total. The van der Waals surface area contributed by atoms with Crippen molar-refractivity contribution in [1.82, 2.24) is 0 Å². The van der Waals surface area contributed by atoms with Gasteiger partial charge >= 0.3 is 11.9 Å². The van der Waals surface area contributed by atoms with Crippen LogP contribution in [0.4, 0.5) is 0 Å². The molecule has 4 rings (SSSR count). The van der Waals surface area contributed by atoms with Crippen molar-refractivity contribution < 1.29 is 57.0 Å². The van der Waals surface area contributed by atoms with E-state index in [0.717, 1.165) is 17.4 Å². The Bertz CT molecular complexity index is 1790. The van der Waals surface area contributed by atoms with Crippen molar-refractivity contribution in [2.45, 2.75) is 96.1 Å². The predicted molar refractivity (Wildman–Crippen MR) is 224 cm³/mol. The van der Waals surface area contributed by atoms with Gasteiger partial charge in [0.1, 0.15) is 35.0 Å². The van der Waals surface area contributed by atoms with E-state index in [1.165, 1.54) is 14.2 Å².